The van der Waals surface area contributed by atoms with Gasteiger partial charge in [0.1, 0.15) is 22.8 Å². The first-order chi connectivity index (χ1) is 13.3. The summed E-state index contributed by atoms with van der Waals surface area (Å²) in [6.07, 6.45) is 7.64. The van der Waals surface area contributed by atoms with E-state index in [2.05, 4.69) is 29.4 Å². The SMILES string of the molecule is COc1ccc(C2=Nc3sc4c(c3C3=NNC(C)N23)CCCCCC4)cc1. The first-order valence-corrected chi connectivity index (χ1v) is 10.6. The molecule has 6 heteroatoms. The van der Waals surface area contributed by atoms with Gasteiger partial charge in [0.2, 0.25) is 0 Å². The van der Waals surface area contributed by atoms with E-state index < -0.39 is 0 Å². The number of benzene rings is 1. The standard InChI is InChI=1S/C21H24N4OS/c1-13-23-24-20-18-16-7-5-3-4-6-8-17(16)27-21(18)22-19(25(13)20)14-9-11-15(26-2)12-10-14/h9-13,23H,3-8H2,1-2H3. The van der Waals surface area contributed by atoms with Gasteiger partial charge in [-0.2, -0.15) is 5.10 Å². The monoisotopic (exact) mass is 380 g/mol. The zero-order valence-corrected chi connectivity index (χ0v) is 16.6. The van der Waals surface area contributed by atoms with Crippen molar-refractivity contribution in [2.45, 2.75) is 51.6 Å². The lowest BCUT2D eigenvalue weighted by molar-refractivity contribution is 0.414. The Morgan fingerprint density at radius 1 is 1.07 bits per heavy atom. The molecule has 0 fully saturated rings. The van der Waals surface area contributed by atoms with Crippen molar-refractivity contribution < 1.29 is 4.74 Å². The van der Waals surface area contributed by atoms with E-state index in [4.69, 9.17) is 14.8 Å². The summed E-state index contributed by atoms with van der Waals surface area (Å²) in [6.45, 7) is 2.14. The Morgan fingerprint density at radius 3 is 2.63 bits per heavy atom. The number of ether oxygens (including phenoxy) is 1. The molecule has 0 bridgehead atoms. The van der Waals surface area contributed by atoms with E-state index in [0.29, 0.717) is 0 Å². The summed E-state index contributed by atoms with van der Waals surface area (Å²) in [4.78, 5) is 8.89. The van der Waals surface area contributed by atoms with Gasteiger partial charge in [0.15, 0.2) is 5.84 Å². The minimum atomic E-state index is 0.0955. The number of amidine groups is 2. The molecule has 140 valence electrons. The summed E-state index contributed by atoms with van der Waals surface area (Å²) in [5.41, 5.74) is 7.11. The van der Waals surface area contributed by atoms with Crippen molar-refractivity contribution in [3.8, 4) is 5.75 Å². The number of methoxy groups -OCH3 is 1. The van der Waals surface area contributed by atoms with Crippen LogP contribution in [-0.2, 0) is 12.8 Å². The minimum Gasteiger partial charge on any atom is -0.497 e. The number of hydrazone groups is 1. The number of hydrogen-bond acceptors (Lipinski definition) is 6. The van der Waals surface area contributed by atoms with Crippen LogP contribution in [0.5, 0.6) is 5.75 Å². The Labute approximate surface area is 163 Å². The van der Waals surface area contributed by atoms with E-state index >= 15 is 0 Å². The third kappa shape index (κ3) is 2.74. The Bertz CT molecular complexity index is 928. The molecule has 1 aliphatic carbocycles. The average molecular weight is 381 g/mol. The molecule has 1 unspecified atom stereocenters. The molecule has 0 amide bonds. The molecule has 3 heterocycles. The summed E-state index contributed by atoms with van der Waals surface area (Å²) in [7, 11) is 1.69. The molecule has 0 radical (unpaired) electrons. The molecule has 1 atom stereocenters. The second-order valence-corrected chi connectivity index (χ2v) is 8.46. The highest BCUT2D eigenvalue weighted by molar-refractivity contribution is 7.16. The lowest BCUT2D eigenvalue weighted by Gasteiger charge is -2.29. The molecule has 1 N–H and O–H groups in total. The summed E-state index contributed by atoms with van der Waals surface area (Å²) < 4.78 is 5.31. The smallest absolute Gasteiger partial charge is 0.166 e. The fraction of sp³-hybridized carbons (Fsp3) is 0.429. The van der Waals surface area contributed by atoms with Crippen LogP contribution in [0.3, 0.4) is 0 Å². The van der Waals surface area contributed by atoms with Crippen LogP contribution in [0.15, 0.2) is 34.4 Å². The topological polar surface area (TPSA) is 49.2 Å². The van der Waals surface area contributed by atoms with Gasteiger partial charge < -0.3 is 4.74 Å². The second-order valence-electron chi connectivity index (χ2n) is 7.37. The van der Waals surface area contributed by atoms with Crippen LogP contribution < -0.4 is 10.2 Å². The fourth-order valence-corrected chi connectivity index (χ4v) is 5.47. The number of hydrogen-bond donors (Lipinski definition) is 1. The van der Waals surface area contributed by atoms with Crippen molar-refractivity contribution in [2.75, 3.05) is 7.11 Å². The van der Waals surface area contributed by atoms with E-state index in [9.17, 15) is 0 Å². The molecule has 1 aromatic carbocycles. The van der Waals surface area contributed by atoms with E-state index in [0.717, 1.165) is 34.4 Å². The Kier molecular flexibility index (Phi) is 4.16. The van der Waals surface area contributed by atoms with Crippen LogP contribution in [0.4, 0.5) is 5.00 Å². The average Bonchev–Trinajstić information content (AvgIpc) is 3.21. The lowest BCUT2D eigenvalue weighted by Crippen LogP contribution is -2.44. The number of rotatable bonds is 2. The minimum absolute atomic E-state index is 0.0955. The van der Waals surface area contributed by atoms with Gasteiger partial charge in [-0.15, -0.1) is 11.3 Å². The molecule has 0 saturated carbocycles. The third-order valence-corrected chi connectivity index (χ3v) is 6.82. The molecule has 27 heavy (non-hydrogen) atoms. The first kappa shape index (κ1) is 16.8. The zero-order valence-electron chi connectivity index (χ0n) is 15.8. The van der Waals surface area contributed by atoms with Gasteiger partial charge in [0.25, 0.3) is 0 Å². The fourth-order valence-electron chi connectivity index (χ4n) is 4.22. The molecule has 5 nitrogen and oxygen atoms in total. The molecule has 2 aromatic rings. The third-order valence-electron chi connectivity index (χ3n) is 5.63. The van der Waals surface area contributed by atoms with Gasteiger partial charge >= 0.3 is 0 Å². The number of nitrogens with zero attached hydrogens (tertiary/aromatic N) is 3. The Morgan fingerprint density at radius 2 is 1.85 bits per heavy atom. The summed E-state index contributed by atoms with van der Waals surface area (Å²) in [5, 5.41) is 5.84. The maximum atomic E-state index is 5.31. The maximum absolute atomic E-state index is 5.31. The highest BCUT2D eigenvalue weighted by Gasteiger charge is 2.38. The van der Waals surface area contributed by atoms with Crippen LogP contribution >= 0.6 is 11.3 Å². The molecule has 0 spiro atoms. The van der Waals surface area contributed by atoms with Gasteiger partial charge in [0.05, 0.1) is 12.7 Å². The predicted molar refractivity (Wildman–Crippen MR) is 110 cm³/mol. The molecule has 2 aliphatic heterocycles. The van der Waals surface area contributed by atoms with Crippen molar-refractivity contribution in [2.24, 2.45) is 10.1 Å². The predicted octanol–water partition coefficient (Wildman–Crippen LogP) is 4.42. The van der Waals surface area contributed by atoms with Crippen molar-refractivity contribution in [1.82, 2.24) is 10.3 Å². The van der Waals surface area contributed by atoms with Gasteiger partial charge in [0, 0.05) is 10.4 Å². The van der Waals surface area contributed by atoms with Crippen molar-refractivity contribution in [3.05, 3.63) is 45.8 Å². The molecule has 0 saturated heterocycles. The van der Waals surface area contributed by atoms with E-state index in [1.807, 2.05) is 23.5 Å². The van der Waals surface area contributed by atoms with Gasteiger partial charge in [-0.25, -0.2) is 4.99 Å². The maximum Gasteiger partial charge on any atom is 0.166 e. The lowest BCUT2D eigenvalue weighted by atomic mass is 9.95. The number of thiophene rings is 1. The second kappa shape index (κ2) is 6.68. The van der Waals surface area contributed by atoms with Crippen LogP contribution in [-0.4, -0.2) is 29.8 Å². The number of aryl methyl sites for hydroxylation is 1. The quantitative estimate of drug-likeness (QED) is 0.839. The summed E-state index contributed by atoms with van der Waals surface area (Å²) in [6, 6.07) is 8.14. The van der Waals surface area contributed by atoms with Crippen molar-refractivity contribution in [1.29, 1.82) is 0 Å². The summed E-state index contributed by atoms with van der Waals surface area (Å²) >= 11 is 1.87. The number of aliphatic imine (C=N–C) groups is 1. The number of fused-ring (bicyclic) bond motifs is 5. The summed E-state index contributed by atoms with van der Waals surface area (Å²) in [5.74, 6) is 2.86. The van der Waals surface area contributed by atoms with Crippen LogP contribution in [0.2, 0.25) is 0 Å². The Hall–Kier alpha value is -2.34. The number of nitrogens with one attached hydrogen (secondary N) is 1. The molecular weight excluding hydrogens is 356 g/mol. The van der Waals surface area contributed by atoms with Crippen molar-refractivity contribution in [3.63, 3.8) is 0 Å². The normalized spacial score (nSPS) is 21.1. The first-order valence-electron chi connectivity index (χ1n) is 9.76. The van der Waals surface area contributed by atoms with Crippen LogP contribution in [0.1, 0.15) is 54.2 Å². The molecular formula is C21H24N4OS. The van der Waals surface area contributed by atoms with Crippen LogP contribution in [0.25, 0.3) is 0 Å². The zero-order chi connectivity index (χ0) is 18.4. The van der Waals surface area contributed by atoms with Gasteiger partial charge in [-0.05, 0) is 62.4 Å². The molecule has 3 aliphatic rings. The molecule has 5 rings (SSSR count). The van der Waals surface area contributed by atoms with E-state index in [1.165, 1.54) is 48.1 Å². The molecule has 1 aromatic heterocycles. The highest BCUT2D eigenvalue weighted by atomic mass is 32.1. The highest BCUT2D eigenvalue weighted by Crippen LogP contribution is 2.43. The van der Waals surface area contributed by atoms with E-state index in [1.54, 1.807) is 7.11 Å². The van der Waals surface area contributed by atoms with Crippen LogP contribution in [0, 0.1) is 0 Å². The van der Waals surface area contributed by atoms with Gasteiger partial charge in [-0.3, -0.25) is 10.3 Å². The van der Waals surface area contributed by atoms with E-state index in [-0.39, 0.29) is 6.17 Å². The Balaban J connectivity index is 1.65. The van der Waals surface area contributed by atoms with Crippen molar-refractivity contribution >= 4 is 28.0 Å². The van der Waals surface area contributed by atoms with Gasteiger partial charge in [-0.1, -0.05) is 12.8 Å². The largest absolute Gasteiger partial charge is 0.497 e.